The third-order valence-corrected chi connectivity index (χ3v) is 1.40. The van der Waals surface area contributed by atoms with Crippen LogP contribution < -0.4 is 5.32 Å². The van der Waals surface area contributed by atoms with E-state index in [0.717, 1.165) is 0 Å². The molecule has 70 valence electrons. The molecule has 3 N–H and O–H groups in total. The van der Waals surface area contributed by atoms with Gasteiger partial charge in [-0.2, -0.15) is 0 Å². The van der Waals surface area contributed by atoms with Crippen LogP contribution in [0.25, 0.3) is 0 Å². The van der Waals surface area contributed by atoms with Gasteiger partial charge in [-0.25, -0.2) is 4.79 Å². The molecule has 0 aliphatic heterocycles. The first kappa shape index (κ1) is 11.1. The molecule has 0 heterocycles. The topological polar surface area (TPSA) is 69.6 Å². The van der Waals surface area contributed by atoms with Gasteiger partial charge in [0.1, 0.15) is 0 Å². The van der Waals surface area contributed by atoms with E-state index in [1.54, 1.807) is 13.0 Å². The molecular formula is C8H15NO3. The van der Waals surface area contributed by atoms with Crippen molar-refractivity contribution in [3.8, 4) is 0 Å². The number of aliphatic carboxylic acids is 1. The molecule has 0 aliphatic carbocycles. The number of aliphatic hydroxyl groups excluding tert-OH is 1. The van der Waals surface area contributed by atoms with Crippen LogP contribution in [-0.2, 0) is 4.79 Å². The summed E-state index contributed by atoms with van der Waals surface area (Å²) >= 11 is 0. The standard InChI is InChI=1S/C8H15NO3/c1-7(8(11)12)3-2-4-9-5-6-10/h3,9-10H,2,4-6H2,1H3,(H,11,12). The lowest BCUT2D eigenvalue weighted by molar-refractivity contribution is -0.132. The highest BCUT2D eigenvalue weighted by Gasteiger charge is 1.96. The first-order valence-corrected chi connectivity index (χ1v) is 3.90. The first-order chi connectivity index (χ1) is 5.68. The molecule has 0 spiro atoms. The van der Waals surface area contributed by atoms with Gasteiger partial charge in [0, 0.05) is 12.1 Å². The van der Waals surface area contributed by atoms with Crippen LogP contribution in [0.5, 0.6) is 0 Å². The minimum atomic E-state index is -0.878. The maximum absolute atomic E-state index is 10.3. The van der Waals surface area contributed by atoms with Crippen molar-refractivity contribution in [1.29, 1.82) is 0 Å². The van der Waals surface area contributed by atoms with Crippen LogP contribution >= 0.6 is 0 Å². The second kappa shape index (κ2) is 6.82. The second-order valence-electron chi connectivity index (χ2n) is 2.45. The fraction of sp³-hybridized carbons (Fsp3) is 0.625. The summed E-state index contributed by atoms with van der Waals surface area (Å²) in [6.45, 7) is 2.93. The van der Waals surface area contributed by atoms with Gasteiger partial charge in [-0.3, -0.25) is 0 Å². The van der Waals surface area contributed by atoms with Crippen LogP contribution in [-0.4, -0.2) is 35.9 Å². The number of nitrogens with one attached hydrogen (secondary N) is 1. The molecule has 0 unspecified atom stereocenters. The molecule has 0 atom stereocenters. The van der Waals surface area contributed by atoms with E-state index < -0.39 is 5.97 Å². The fourth-order valence-electron chi connectivity index (χ4n) is 0.682. The monoisotopic (exact) mass is 173 g/mol. The van der Waals surface area contributed by atoms with Crippen molar-refractivity contribution < 1.29 is 15.0 Å². The number of hydrogen-bond acceptors (Lipinski definition) is 3. The highest BCUT2D eigenvalue weighted by atomic mass is 16.4. The van der Waals surface area contributed by atoms with Gasteiger partial charge in [0.15, 0.2) is 0 Å². The molecule has 0 amide bonds. The molecule has 12 heavy (non-hydrogen) atoms. The highest BCUT2D eigenvalue weighted by Crippen LogP contribution is 1.93. The molecule has 0 saturated heterocycles. The summed E-state index contributed by atoms with van der Waals surface area (Å²) in [4.78, 5) is 10.3. The molecule has 0 aromatic heterocycles. The lowest BCUT2D eigenvalue weighted by atomic mass is 10.2. The Bertz CT molecular complexity index is 166. The molecule has 0 saturated carbocycles. The van der Waals surface area contributed by atoms with Gasteiger partial charge >= 0.3 is 5.97 Å². The minimum absolute atomic E-state index is 0.113. The van der Waals surface area contributed by atoms with Gasteiger partial charge < -0.3 is 15.5 Å². The molecule has 4 heteroatoms. The number of rotatable bonds is 6. The van der Waals surface area contributed by atoms with Crippen LogP contribution in [0.4, 0.5) is 0 Å². The Morgan fingerprint density at radius 3 is 2.67 bits per heavy atom. The van der Waals surface area contributed by atoms with Crippen LogP contribution in [0.2, 0.25) is 0 Å². The normalized spacial score (nSPS) is 11.7. The first-order valence-electron chi connectivity index (χ1n) is 3.90. The summed E-state index contributed by atoms with van der Waals surface area (Å²) in [5.41, 5.74) is 0.362. The lowest BCUT2D eigenvalue weighted by Crippen LogP contribution is -2.18. The zero-order valence-electron chi connectivity index (χ0n) is 7.21. The number of carbonyl (C=O) groups is 1. The van der Waals surface area contributed by atoms with Crippen LogP contribution in [0.1, 0.15) is 13.3 Å². The third kappa shape index (κ3) is 5.88. The lowest BCUT2D eigenvalue weighted by Gasteiger charge is -1.98. The average molecular weight is 173 g/mol. The van der Waals surface area contributed by atoms with E-state index in [-0.39, 0.29) is 6.61 Å². The van der Waals surface area contributed by atoms with E-state index in [1.807, 2.05) is 0 Å². The quantitative estimate of drug-likeness (QED) is 0.390. The molecule has 0 fully saturated rings. The highest BCUT2D eigenvalue weighted by molar-refractivity contribution is 5.85. The van der Waals surface area contributed by atoms with Crippen molar-refractivity contribution in [2.45, 2.75) is 13.3 Å². The molecule has 0 rings (SSSR count). The van der Waals surface area contributed by atoms with Crippen LogP contribution in [0, 0.1) is 0 Å². The zero-order valence-corrected chi connectivity index (χ0v) is 7.21. The van der Waals surface area contributed by atoms with Gasteiger partial charge in [-0.05, 0) is 19.9 Å². The van der Waals surface area contributed by atoms with Gasteiger partial charge in [0.2, 0.25) is 0 Å². The zero-order chi connectivity index (χ0) is 9.40. The molecule has 0 bridgehead atoms. The maximum Gasteiger partial charge on any atom is 0.330 e. The van der Waals surface area contributed by atoms with Gasteiger partial charge in [0.05, 0.1) is 6.61 Å². The Kier molecular flexibility index (Phi) is 6.32. The van der Waals surface area contributed by atoms with Crippen molar-refractivity contribution in [2.24, 2.45) is 0 Å². The summed E-state index contributed by atoms with van der Waals surface area (Å²) in [6.07, 6.45) is 2.34. The predicted molar refractivity (Wildman–Crippen MR) is 46.0 cm³/mol. The van der Waals surface area contributed by atoms with Crippen molar-refractivity contribution in [2.75, 3.05) is 19.7 Å². The summed E-state index contributed by atoms with van der Waals surface area (Å²) in [5.74, 6) is -0.878. The van der Waals surface area contributed by atoms with Gasteiger partial charge in [-0.15, -0.1) is 0 Å². The largest absolute Gasteiger partial charge is 0.478 e. The SMILES string of the molecule is CC(=CCCNCCO)C(=O)O. The number of aliphatic hydroxyl groups is 1. The molecule has 0 aromatic rings. The van der Waals surface area contributed by atoms with Crippen LogP contribution in [0.15, 0.2) is 11.6 Å². The Morgan fingerprint density at radius 1 is 1.50 bits per heavy atom. The van der Waals surface area contributed by atoms with Crippen LogP contribution in [0.3, 0.4) is 0 Å². The summed E-state index contributed by atoms with van der Waals surface area (Å²) in [6, 6.07) is 0. The fourth-order valence-corrected chi connectivity index (χ4v) is 0.682. The van der Waals surface area contributed by atoms with Gasteiger partial charge in [0.25, 0.3) is 0 Å². The second-order valence-corrected chi connectivity index (χ2v) is 2.45. The summed E-state index contributed by atoms with van der Waals surface area (Å²) < 4.78 is 0. The summed E-state index contributed by atoms with van der Waals surface area (Å²) in [5, 5.41) is 19.8. The molecule has 0 radical (unpaired) electrons. The van der Waals surface area contributed by atoms with Gasteiger partial charge in [-0.1, -0.05) is 6.08 Å². The van der Waals surface area contributed by atoms with E-state index in [9.17, 15) is 4.79 Å². The predicted octanol–water partition coefficient (Wildman–Crippen LogP) is -0.0107. The Labute approximate surface area is 71.9 Å². The van der Waals surface area contributed by atoms with E-state index in [2.05, 4.69) is 5.32 Å². The average Bonchev–Trinajstić information content (AvgIpc) is 2.03. The molecular weight excluding hydrogens is 158 g/mol. The van der Waals surface area contributed by atoms with E-state index >= 15 is 0 Å². The Morgan fingerprint density at radius 2 is 2.17 bits per heavy atom. The van der Waals surface area contributed by atoms with E-state index in [0.29, 0.717) is 25.1 Å². The van der Waals surface area contributed by atoms with Crippen molar-refractivity contribution in [1.82, 2.24) is 5.32 Å². The minimum Gasteiger partial charge on any atom is -0.478 e. The maximum atomic E-state index is 10.3. The van der Waals surface area contributed by atoms with E-state index in [4.69, 9.17) is 10.2 Å². The number of hydrogen-bond donors (Lipinski definition) is 3. The summed E-state index contributed by atoms with van der Waals surface area (Å²) in [7, 11) is 0. The van der Waals surface area contributed by atoms with Crippen molar-refractivity contribution >= 4 is 5.97 Å². The Hall–Kier alpha value is -0.870. The smallest absolute Gasteiger partial charge is 0.330 e. The number of carboxylic acid groups (broad SMARTS) is 1. The van der Waals surface area contributed by atoms with E-state index in [1.165, 1.54) is 0 Å². The Balaban J connectivity index is 3.40. The molecule has 0 aliphatic rings. The van der Waals surface area contributed by atoms with Crippen molar-refractivity contribution in [3.63, 3.8) is 0 Å². The molecule has 4 nitrogen and oxygen atoms in total. The number of carboxylic acids is 1. The third-order valence-electron chi connectivity index (χ3n) is 1.40. The van der Waals surface area contributed by atoms with Crippen molar-refractivity contribution in [3.05, 3.63) is 11.6 Å². The molecule has 0 aromatic carbocycles.